The van der Waals surface area contributed by atoms with Gasteiger partial charge in [-0.2, -0.15) is 13.2 Å². The summed E-state index contributed by atoms with van der Waals surface area (Å²) in [6, 6.07) is 11.4. The monoisotopic (exact) mass is 496 g/mol. The molecule has 0 saturated heterocycles. The minimum Gasteiger partial charge on any atom is -0.456 e. The van der Waals surface area contributed by atoms with E-state index in [2.05, 4.69) is 34.0 Å². The Bertz CT molecular complexity index is 1060. The van der Waals surface area contributed by atoms with Crippen LogP contribution in [-0.2, 0) is 6.18 Å². The molecule has 1 heterocycles. The van der Waals surface area contributed by atoms with Crippen molar-refractivity contribution in [2.75, 3.05) is 30.7 Å². The first kappa shape index (κ1) is 25.1. The van der Waals surface area contributed by atoms with E-state index in [-0.39, 0.29) is 16.5 Å². The largest absolute Gasteiger partial charge is 0.456 e. The highest BCUT2D eigenvalue weighted by Gasteiger charge is 2.30. The summed E-state index contributed by atoms with van der Waals surface area (Å²) in [6.07, 6.45) is -2.77. The predicted molar refractivity (Wildman–Crippen MR) is 127 cm³/mol. The summed E-state index contributed by atoms with van der Waals surface area (Å²) in [5.41, 5.74) is -0.164. The number of ether oxygens (including phenoxy) is 1. The van der Waals surface area contributed by atoms with Crippen LogP contribution in [0.3, 0.4) is 0 Å². The third-order valence-corrected chi connectivity index (χ3v) is 5.96. The third kappa shape index (κ3) is 7.52. The molecule has 5 nitrogen and oxygen atoms in total. The predicted octanol–water partition coefficient (Wildman–Crippen LogP) is 7.12. The highest BCUT2D eigenvalue weighted by atomic mass is 35.5. The molecule has 0 fully saturated rings. The fraction of sp³-hybridized carbons (Fsp3) is 0.304. The van der Waals surface area contributed by atoms with Gasteiger partial charge in [-0.25, -0.2) is 9.97 Å². The molecule has 0 unspecified atom stereocenters. The number of nitrogens with one attached hydrogen (secondary N) is 1. The maximum atomic E-state index is 12.9. The zero-order valence-electron chi connectivity index (χ0n) is 18.2. The van der Waals surface area contributed by atoms with Gasteiger partial charge in [-0.3, -0.25) is 0 Å². The van der Waals surface area contributed by atoms with Crippen LogP contribution in [0.15, 0.2) is 59.8 Å². The molecule has 0 saturated carbocycles. The summed E-state index contributed by atoms with van der Waals surface area (Å²) in [5.74, 6) is 1.63. The number of aromatic nitrogens is 2. The van der Waals surface area contributed by atoms with Gasteiger partial charge in [-0.15, -0.1) is 11.8 Å². The van der Waals surface area contributed by atoms with E-state index in [9.17, 15) is 13.2 Å². The summed E-state index contributed by atoms with van der Waals surface area (Å²) in [6.45, 7) is 7.29. The van der Waals surface area contributed by atoms with Crippen LogP contribution in [0.1, 0.15) is 19.4 Å². The highest BCUT2D eigenvalue weighted by Crippen LogP contribution is 2.35. The number of anilines is 2. The Balaban J connectivity index is 1.64. The van der Waals surface area contributed by atoms with E-state index < -0.39 is 11.7 Å². The molecule has 0 bridgehead atoms. The summed E-state index contributed by atoms with van der Waals surface area (Å²) in [5, 5.41) is 4.19. The summed E-state index contributed by atoms with van der Waals surface area (Å²) < 4.78 is 44.3. The van der Waals surface area contributed by atoms with E-state index in [1.807, 2.05) is 6.07 Å². The maximum Gasteiger partial charge on any atom is 0.416 e. The van der Waals surface area contributed by atoms with Crippen LogP contribution in [-0.4, -0.2) is 40.3 Å². The zero-order chi connectivity index (χ0) is 23.8. The second-order valence-electron chi connectivity index (χ2n) is 6.99. The molecule has 1 aromatic heterocycles. The van der Waals surface area contributed by atoms with E-state index in [0.717, 1.165) is 42.5 Å². The highest BCUT2D eigenvalue weighted by molar-refractivity contribution is 7.99. The molecule has 0 spiro atoms. The maximum absolute atomic E-state index is 12.9. The molecule has 0 radical (unpaired) electrons. The van der Waals surface area contributed by atoms with Crippen molar-refractivity contribution in [1.29, 1.82) is 0 Å². The Kier molecular flexibility index (Phi) is 8.82. The van der Waals surface area contributed by atoms with Crippen molar-refractivity contribution in [3.63, 3.8) is 0 Å². The Labute approximate surface area is 200 Å². The lowest BCUT2D eigenvalue weighted by Gasteiger charge is -2.17. The number of hydrogen-bond acceptors (Lipinski definition) is 6. The topological polar surface area (TPSA) is 50.3 Å². The molecule has 3 rings (SSSR count). The quantitative estimate of drug-likeness (QED) is 0.238. The van der Waals surface area contributed by atoms with E-state index >= 15 is 0 Å². The fourth-order valence-electron chi connectivity index (χ4n) is 2.96. The van der Waals surface area contributed by atoms with Crippen molar-refractivity contribution in [2.45, 2.75) is 25.0 Å². The molecular formula is C23H24ClF3N4OS. The minimum atomic E-state index is -4.45. The van der Waals surface area contributed by atoms with E-state index in [0.29, 0.717) is 11.6 Å². The molecule has 1 N–H and O–H groups in total. The molecule has 10 heteroatoms. The lowest BCUT2D eigenvalue weighted by atomic mass is 10.2. The van der Waals surface area contributed by atoms with Crippen LogP contribution >= 0.6 is 23.4 Å². The van der Waals surface area contributed by atoms with Crippen LogP contribution < -0.4 is 10.1 Å². The van der Waals surface area contributed by atoms with Crippen molar-refractivity contribution in [3.05, 3.63) is 65.3 Å². The third-order valence-electron chi connectivity index (χ3n) is 4.76. The van der Waals surface area contributed by atoms with E-state index in [1.54, 1.807) is 36.2 Å². The number of benzene rings is 2. The lowest BCUT2D eigenvalue weighted by Crippen LogP contribution is -2.25. The van der Waals surface area contributed by atoms with Gasteiger partial charge in [0, 0.05) is 24.2 Å². The van der Waals surface area contributed by atoms with Gasteiger partial charge in [0.05, 0.1) is 10.6 Å². The van der Waals surface area contributed by atoms with Gasteiger partial charge in [0.15, 0.2) is 0 Å². The molecular weight excluding hydrogens is 473 g/mol. The number of thioether (sulfide) groups is 1. The molecule has 0 aliphatic carbocycles. The molecule has 3 aromatic rings. The van der Waals surface area contributed by atoms with Crippen molar-refractivity contribution in [2.24, 2.45) is 0 Å². The van der Waals surface area contributed by atoms with Crippen LogP contribution in [0.5, 0.6) is 11.5 Å². The Hall–Kier alpha value is -2.49. The summed E-state index contributed by atoms with van der Waals surface area (Å²) in [4.78, 5) is 11.1. The number of alkyl halides is 3. The van der Waals surface area contributed by atoms with Crippen molar-refractivity contribution < 1.29 is 17.9 Å². The number of halogens is 4. The summed E-state index contributed by atoms with van der Waals surface area (Å²) in [7, 11) is 0. The average Bonchev–Trinajstić information content (AvgIpc) is 2.78. The van der Waals surface area contributed by atoms with Crippen LogP contribution in [0.25, 0.3) is 0 Å². The normalized spacial score (nSPS) is 11.6. The van der Waals surface area contributed by atoms with Gasteiger partial charge in [-0.1, -0.05) is 31.5 Å². The van der Waals surface area contributed by atoms with E-state index in [1.165, 1.54) is 12.1 Å². The van der Waals surface area contributed by atoms with Gasteiger partial charge >= 0.3 is 6.18 Å². The standard InChI is InChI=1S/C23H24ClF3N4OS/c1-3-31(4-2)12-13-33-21-10-11-28-22(30-21)29-17-8-9-20(19(24)15-17)32-18-7-5-6-16(14-18)23(25,26)27/h5-11,14-15H,3-4,12-13H2,1-2H3,(H,28,29,30). The smallest absolute Gasteiger partial charge is 0.416 e. The number of hydrogen-bond donors (Lipinski definition) is 1. The Morgan fingerprint density at radius 1 is 1.09 bits per heavy atom. The molecule has 0 aliphatic heterocycles. The van der Waals surface area contributed by atoms with Crippen molar-refractivity contribution in [3.8, 4) is 11.5 Å². The SMILES string of the molecule is CCN(CC)CCSc1ccnc(Nc2ccc(Oc3cccc(C(F)(F)F)c3)c(Cl)c2)n1. The lowest BCUT2D eigenvalue weighted by molar-refractivity contribution is -0.137. The second-order valence-corrected chi connectivity index (χ2v) is 8.51. The van der Waals surface area contributed by atoms with Crippen LogP contribution in [0.4, 0.5) is 24.8 Å². The first-order valence-corrected chi connectivity index (χ1v) is 11.7. The molecule has 0 amide bonds. The minimum absolute atomic E-state index is 0.0465. The first-order chi connectivity index (χ1) is 15.8. The van der Waals surface area contributed by atoms with Crippen LogP contribution in [0, 0.1) is 0 Å². The molecule has 176 valence electrons. The number of nitrogens with zero attached hydrogens (tertiary/aromatic N) is 3. The first-order valence-electron chi connectivity index (χ1n) is 10.4. The van der Waals surface area contributed by atoms with Crippen molar-refractivity contribution in [1.82, 2.24) is 14.9 Å². The second kappa shape index (κ2) is 11.6. The average molecular weight is 497 g/mol. The zero-order valence-corrected chi connectivity index (χ0v) is 19.8. The van der Waals surface area contributed by atoms with E-state index in [4.69, 9.17) is 16.3 Å². The van der Waals surface area contributed by atoms with Gasteiger partial charge < -0.3 is 15.0 Å². The van der Waals surface area contributed by atoms with Gasteiger partial charge in [0.2, 0.25) is 5.95 Å². The molecule has 2 aromatic carbocycles. The Morgan fingerprint density at radius 2 is 1.88 bits per heavy atom. The van der Waals surface area contributed by atoms with Gasteiger partial charge in [-0.05, 0) is 55.6 Å². The molecule has 33 heavy (non-hydrogen) atoms. The molecule has 0 aliphatic rings. The number of rotatable bonds is 10. The summed E-state index contributed by atoms with van der Waals surface area (Å²) >= 11 is 7.95. The van der Waals surface area contributed by atoms with Gasteiger partial charge in [0.25, 0.3) is 0 Å². The van der Waals surface area contributed by atoms with Crippen molar-refractivity contribution >= 4 is 35.0 Å². The fourth-order valence-corrected chi connectivity index (χ4v) is 4.04. The molecule has 0 atom stereocenters. The van der Waals surface area contributed by atoms with Crippen LogP contribution in [0.2, 0.25) is 5.02 Å². The Morgan fingerprint density at radius 3 is 2.58 bits per heavy atom. The van der Waals surface area contributed by atoms with Gasteiger partial charge in [0.1, 0.15) is 16.5 Å².